The van der Waals surface area contributed by atoms with Crippen LogP contribution in [-0.4, -0.2) is 26.4 Å². The largest absolute Gasteiger partial charge is 0.427 e. The Hall–Kier alpha value is -4.38. The van der Waals surface area contributed by atoms with E-state index in [0.29, 0.717) is 26.4 Å². The van der Waals surface area contributed by atoms with Crippen LogP contribution in [0.4, 0.5) is 0 Å². The predicted molar refractivity (Wildman–Crippen MR) is 248 cm³/mol. The van der Waals surface area contributed by atoms with E-state index < -0.39 is 22.6 Å². The van der Waals surface area contributed by atoms with Crippen molar-refractivity contribution in [3.05, 3.63) is 202 Å². The third-order valence-electron chi connectivity index (χ3n) is 11.4. The molecule has 6 aromatic carbocycles. The van der Waals surface area contributed by atoms with E-state index in [0.717, 1.165) is 88.5 Å². The average Bonchev–Trinajstić information content (AvgIpc) is 3.30. The molecule has 8 heteroatoms. The van der Waals surface area contributed by atoms with Crippen molar-refractivity contribution in [3.63, 3.8) is 0 Å². The Kier molecular flexibility index (Phi) is 16.1. The van der Waals surface area contributed by atoms with Gasteiger partial charge in [-0.25, -0.2) is 0 Å². The lowest BCUT2D eigenvalue weighted by molar-refractivity contribution is -0.0672. The van der Waals surface area contributed by atoms with Crippen LogP contribution in [0.15, 0.2) is 158 Å². The molecule has 0 aliphatic carbocycles. The number of benzene rings is 6. The highest BCUT2D eigenvalue weighted by molar-refractivity contribution is 7.42. The Labute approximate surface area is 365 Å². The van der Waals surface area contributed by atoms with E-state index in [1.54, 1.807) is 0 Å². The molecular formula is C53H58O6P2. The standard InChI is InChI=1S/C53H58O6P2/c1-5-17-43(18-6-1)25-13-29-47-33-48(30-14-26-44-19-7-2-8-20-44)36-51(35-47)58-60-54-39-53(40-55-60)41-56-61(57-42-53)59-52-37-49(31-15-27-45-21-9-3-10-22-45)34-50(38-52)32-16-28-46-23-11-4-12-24-46/h1-12,17-24,33-38H,13-16,25-32,39-42H2. The van der Waals surface area contributed by atoms with Crippen molar-refractivity contribution in [1.29, 1.82) is 0 Å². The molecule has 6 aromatic rings. The van der Waals surface area contributed by atoms with Gasteiger partial charge in [-0.3, -0.25) is 0 Å². The summed E-state index contributed by atoms with van der Waals surface area (Å²) in [7, 11) is -3.12. The maximum Gasteiger partial charge on any atom is 0.397 e. The van der Waals surface area contributed by atoms with Gasteiger partial charge in [-0.1, -0.05) is 133 Å². The lowest BCUT2D eigenvalue weighted by Gasteiger charge is -2.41. The summed E-state index contributed by atoms with van der Waals surface area (Å²) in [5, 5.41) is 0. The quantitative estimate of drug-likeness (QED) is 0.0713. The van der Waals surface area contributed by atoms with Crippen molar-refractivity contribution in [2.24, 2.45) is 5.41 Å². The van der Waals surface area contributed by atoms with E-state index >= 15 is 0 Å². The van der Waals surface area contributed by atoms with Gasteiger partial charge >= 0.3 is 17.2 Å². The molecule has 2 saturated heterocycles. The molecule has 0 saturated carbocycles. The number of rotatable bonds is 20. The third-order valence-corrected chi connectivity index (χ3v) is 13.5. The molecule has 8 rings (SSSR count). The first-order valence-electron chi connectivity index (χ1n) is 22.0. The zero-order valence-electron chi connectivity index (χ0n) is 35.2. The molecule has 2 heterocycles. The lowest BCUT2D eigenvalue weighted by Crippen LogP contribution is -2.45. The molecule has 0 bridgehead atoms. The molecule has 0 N–H and O–H groups in total. The third kappa shape index (κ3) is 13.8. The number of hydrogen-bond acceptors (Lipinski definition) is 6. The zero-order valence-corrected chi connectivity index (χ0v) is 37.0. The molecule has 0 unspecified atom stereocenters. The molecule has 1 spiro atoms. The second kappa shape index (κ2) is 22.6. The van der Waals surface area contributed by atoms with Gasteiger partial charge in [0.2, 0.25) is 0 Å². The minimum absolute atomic E-state index is 0.409. The van der Waals surface area contributed by atoms with Crippen LogP contribution in [-0.2, 0) is 69.5 Å². The van der Waals surface area contributed by atoms with Gasteiger partial charge in [-0.05, 0) is 146 Å². The van der Waals surface area contributed by atoms with E-state index in [1.165, 1.54) is 44.5 Å². The molecule has 6 nitrogen and oxygen atoms in total. The second-order valence-electron chi connectivity index (χ2n) is 16.6. The van der Waals surface area contributed by atoms with Crippen LogP contribution in [0.3, 0.4) is 0 Å². The molecule has 316 valence electrons. The Morgan fingerprint density at radius 2 is 0.574 bits per heavy atom. The molecular weight excluding hydrogens is 795 g/mol. The smallest absolute Gasteiger partial charge is 0.397 e. The minimum atomic E-state index is -1.56. The topological polar surface area (TPSA) is 55.4 Å². The van der Waals surface area contributed by atoms with E-state index in [9.17, 15) is 0 Å². The van der Waals surface area contributed by atoms with Crippen molar-refractivity contribution < 1.29 is 27.1 Å². The molecule has 0 amide bonds. The van der Waals surface area contributed by atoms with Gasteiger partial charge in [-0.2, -0.15) is 0 Å². The Balaban J connectivity index is 0.842. The normalized spacial score (nSPS) is 18.8. The molecule has 61 heavy (non-hydrogen) atoms. The van der Waals surface area contributed by atoms with Gasteiger partial charge < -0.3 is 27.1 Å². The average molecular weight is 853 g/mol. The van der Waals surface area contributed by atoms with E-state index in [-0.39, 0.29) is 0 Å². The van der Waals surface area contributed by atoms with Gasteiger partial charge in [0.25, 0.3) is 0 Å². The SMILES string of the molecule is c1ccc(CCCc2cc(CCCc3ccccc3)cc(OP3OCC4(CO3)COP(Oc3cc(CCCc5ccccc5)cc(CCCc5ccccc5)c3)OC4)c2)cc1. The monoisotopic (exact) mass is 852 g/mol. The maximum atomic E-state index is 6.45. The summed E-state index contributed by atoms with van der Waals surface area (Å²) in [5.74, 6) is 1.62. The molecule has 2 aliphatic heterocycles. The van der Waals surface area contributed by atoms with Gasteiger partial charge in [0.05, 0.1) is 31.8 Å². The van der Waals surface area contributed by atoms with Gasteiger partial charge in [0.1, 0.15) is 11.5 Å². The van der Waals surface area contributed by atoms with E-state index in [4.69, 9.17) is 27.1 Å². The fourth-order valence-electron chi connectivity index (χ4n) is 8.07. The highest BCUT2D eigenvalue weighted by Crippen LogP contribution is 2.53. The maximum absolute atomic E-state index is 6.45. The van der Waals surface area contributed by atoms with E-state index in [2.05, 4.69) is 158 Å². The molecule has 0 atom stereocenters. The van der Waals surface area contributed by atoms with Gasteiger partial charge in [-0.15, -0.1) is 0 Å². The van der Waals surface area contributed by atoms with Gasteiger partial charge in [0.15, 0.2) is 0 Å². The lowest BCUT2D eigenvalue weighted by atomic mass is 9.93. The van der Waals surface area contributed by atoms with Crippen LogP contribution in [0.5, 0.6) is 11.5 Å². The van der Waals surface area contributed by atoms with E-state index in [1.807, 2.05) is 0 Å². The van der Waals surface area contributed by atoms with Crippen molar-refractivity contribution in [3.8, 4) is 11.5 Å². The summed E-state index contributed by atoms with van der Waals surface area (Å²) in [6.07, 6.45) is 12.4. The van der Waals surface area contributed by atoms with Crippen molar-refractivity contribution in [2.45, 2.75) is 77.0 Å². The van der Waals surface area contributed by atoms with Crippen molar-refractivity contribution in [1.82, 2.24) is 0 Å². The van der Waals surface area contributed by atoms with Crippen LogP contribution in [0.1, 0.15) is 70.2 Å². The molecule has 0 aromatic heterocycles. The predicted octanol–water partition coefficient (Wildman–Crippen LogP) is 13.4. The van der Waals surface area contributed by atoms with Crippen LogP contribution >= 0.6 is 17.2 Å². The number of hydrogen-bond donors (Lipinski definition) is 0. The van der Waals surface area contributed by atoms with Crippen LogP contribution in [0.2, 0.25) is 0 Å². The first kappa shape index (κ1) is 43.3. The first-order chi connectivity index (χ1) is 30.1. The molecule has 2 aliphatic rings. The van der Waals surface area contributed by atoms with Crippen molar-refractivity contribution >= 4 is 17.2 Å². The molecule has 0 radical (unpaired) electrons. The Bertz CT molecular complexity index is 1900. The molecule has 2 fully saturated rings. The summed E-state index contributed by atoms with van der Waals surface area (Å²) in [6, 6.07) is 56.2. The summed E-state index contributed by atoms with van der Waals surface area (Å²) >= 11 is 0. The summed E-state index contributed by atoms with van der Waals surface area (Å²) in [4.78, 5) is 0. The van der Waals surface area contributed by atoms with Crippen LogP contribution in [0, 0.1) is 5.41 Å². The van der Waals surface area contributed by atoms with Crippen LogP contribution < -0.4 is 9.05 Å². The Morgan fingerprint density at radius 3 is 0.836 bits per heavy atom. The van der Waals surface area contributed by atoms with Crippen molar-refractivity contribution in [2.75, 3.05) is 26.4 Å². The van der Waals surface area contributed by atoms with Crippen LogP contribution in [0.25, 0.3) is 0 Å². The zero-order chi connectivity index (χ0) is 41.4. The minimum Gasteiger partial charge on any atom is -0.427 e. The summed E-state index contributed by atoms with van der Waals surface area (Å²) in [6.45, 7) is 1.74. The first-order valence-corrected chi connectivity index (χ1v) is 24.2. The number of aryl methyl sites for hydroxylation is 8. The van der Waals surface area contributed by atoms with Gasteiger partial charge in [0, 0.05) is 0 Å². The Morgan fingerprint density at radius 1 is 0.328 bits per heavy atom. The summed E-state index contributed by atoms with van der Waals surface area (Å²) in [5.41, 5.74) is 10.2. The summed E-state index contributed by atoms with van der Waals surface area (Å²) < 4.78 is 38.0. The highest BCUT2D eigenvalue weighted by Gasteiger charge is 2.45. The fraction of sp³-hybridized carbons (Fsp3) is 0.321. The highest BCUT2D eigenvalue weighted by atomic mass is 31.2. The second-order valence-corrected chi connectivity index (χ2v) is 18.8. The fourth-order valence-corrected chi connectivity index (χ4v) is 10.5.